The quantitative estimate of drug-likeness (QED) is 0.631. The first-order chi connectivity index (χ1) is 16.0. The average Bonchev–Trinajstić information content (AvgIpc) is 3.20. The third kappa shape index (κ3) is 4.79. The zero-order chi connectivity index (χ0) is 22.8. The maximum absolute atomic E-state index is 13.3. The SMILES string of the molecule is O=C(c1cc(=O)[nH]c(-c2ccccc2)n1)N1CCC[C@@]2(C[C@@H](Oc3cccc(Cl)c3)CO2)C1. The zero-order valence-corrected chi connectivity index (χ0v) is 18.8. The van der Waals surface area contributed by atoms with Crippen molar-refractivity contribution in [1.29, 1.82) is 0 Å². The van der Waals surface area contributed by atoms with Gasteiger partial charge in [-0.1, -0.05) is 48.0 Å². The fourth-order valence-electron chi connectivity index (χ4n) is 4.63. The molecule has 0 saturated carbocycles. The topological polar surface area (TPSA) is 84.5 Å². The number of amides is 1. The third-order valence-electron chi connectivity index (χ3n) is 6.11. The molecule has 3 heterocycles. The maximum Gasteiger partial charge on any atom is 0.272 e. The lowest BCUT2D eigenvalue weighted by atomic mass is 9.89. The van der Waals surface area contributed by atoms with Gasteiger partial charge in [0.2, 0.25) is 0 Å². The van der Waals surface area contributed by atoms with E-state index >= 15 is 0 Å². The van der Waals surface area contributed by atoms with Crippen LogP contribution in [0.25, 0.3) is 11.4 Å². The molecule has 2 atom stereocenters. The van der Waals surface area contributed by atoms with E-state index < -0.39 is 5.60 Å². The van der Waals surface area contributed by atoms with E-state index in [-0.39, 0.29) is 23.3 Å². The number of ether oxygens (including phenoxy) is 2. The number of nitrogens with zero attached hydrogens (tertiary/aromatic N) is 2. The summed E-state index contributed by atoms with van der Waals surface area (Å²) in [6.45, 7) is 1.49. The number of hydrogen-bond acceptors (Lipinski definition) is 5. The van der Waals surface area contributed by atoms with Gasteiger partial charge >= 0.3 is 0 Å². The Kier molecular flexibility index (Phi) is 5.91. The lowest BCUT2D eigenvalue weighted by molar-refractivity contribution is -0.0454. The number of halogens is 1. The van der Waals surface area contributed by atoms with Gasteiger partial charge in [-0.15, -0.1) is 0 Å². The molecule has 1 N–H and O–H groups in total. The lowest BCUT2D eigenvalue weighted by Crippen LogP contribution is -2.50. The van der Waals surface area contributed by atoms with Crippen LogP contribution in [0.5, 0.6) is 5.75 Å². The number of piperidine rings is 1. The van der Waals surface area contributed by atoms with Gasteiger partial charge in [-0.05, 0) is 31.0 Å². The average molecular weight is 466 g/mol. The van der Waals surface area contributed by atoms with Crippen LogP contribution in [0.2, 0.25) is 5.02 Å². The van der Waals surface area contributed by atoms with Crippen molar-refractivity contribution in [3.63, 3.8) is 0 Å². The van der Waals surface area contributed by atoms with Gasteiger partial charge in [0.15, 0.2) is 0 Å². The molecule has 33 heavy (non-hydrogen) atoms. The van der Waals surface area contributed by atoms with Gasteiger partial charge in [0, 0.05) is 29.6 Å². The highest BCUT2D eigenvalue weighted by Crippen LogP contribution is 2.37. The first-order valence-electron chi connectivity index (χ1n) is 11.0. The number of H-pyrrole nitrogens is 1. The molecule has 7 nitrogen and oxygen atoms in total. The minimum Gasteiger partial charge on any atom is -0.488 e. The highest BCUT2D eigenvalue weighted by Gasteiger charge is 2.45. The van der Waals surface area contributed by atoms with Crippen LogP contribution in [0.15, 0.2) is 65.5 Å². The molecule has 0 unspecified atom stereocenters. The van der Waals surface area contributed by atoms with Gasteiger partial charge in [0.25, 0.3) is 11.5 Å². The number of aromatic amines is 1. The van der Waals surface area contributed by atoms with Crippen molar-refractivity contribution in [3.05, 3.63) is 81.7 Å². The second-order valence-corrected chi connectivity index (χ2v) is 9.01. The highest BCUT2D eigenvalue weighted by molar-refractivity contribution is 6.30. The molecule has 2 fully saturated rings. The first kappa shape index (κ1) is 21.7. The predicted molar refractivity (Wildman–Crippen MR) is 125 cm³/mol. The van der Waals surface area contributed by atoms with Crippen molar-refractivity contribution in [2.75, 3.05) is 19.7 Å². The summed E-state index contributed by atoms with van der Waals surface area (Å²) in [6.07, 6.45) is 2.23. The Morgan fingerprint density at radius 1 is 1.18 bits per heavy atom. The summed E-state index contributed by atoms with van der Waals surface area (Å²) in [5.74, 6) is 0.823. The standard InChI is InChI=1S/C25H24ClN3O4/c26-18-8-4-9-19(12-18)33-20-14-25(32-15-20)10-5-11-29(16-25)24(31)21-13-22(30)28-23(27-21)17-6-2-1-3-7-17/h1-4,6-9,12-13,20H,5,10-11,14-16H2,(H,27,28,30)/t20-,25-/m1/s1. The molecule has 2 aliphatic rings. The second kappa shape index (κ2) is 9.00. The normalized spacial score (nSPS) is 22.5. The van der Waals surface area contributed by atoms with Crippen molar-refractivity contribution in [2.24, 2.45) is 0 Å². The fraction of sp³-hybridized carbons (Fsp3) is 0.320. The predicted octanol–water partition coefficient (Wildman–Crippen LogP) is 3.93. The van der Waals surface area contributed by atoms with Crippen molar-refractivity contribution in [1.82, 2.24) is 14.9 Å². The molecule has 8 heteroatoms. The molecule has 5 rings (SSSR count). The van der Waals surface area contributed by atoms with Gasteiger partial charge in [-0.2, -0.15) is 0 Å². The Morgan fingerprint density at radius 3 is 2.85 bits per heavy atom. The smallest absolute Gasteiger partial charge is 0.272 e. The molecule has 0 bridgehead atoms. The van der Waals surface area contributed by atoms with Crippen LogP contribution in [0.4, 0.5) is 0 Å². The molecule has 1 aromatic heterocycles. The van der Waals surface area contributed by atoms with Crippen molar-refractivity contribution in [2.45, 2.75) is 31.0 Å². The fourth-order valence-corrected chi connectivity index (χ4v) is 4.81. The Bertz CT molecular complexity index is 1220. The number of rotatable bonds is 4. The zero-order valence-electron chi connectivity index (χ0n) is 18.0. The van der Waals surface area contributed by atoms with E-state index in [0.29, 0.717) is 42.7 Å². The minimum absolute atomic E-state index is 0.110. The minimum atomic E-state index is -0.458. The van der Waals surface area contributed by atoms with E-state index in [1.807, 2.05) is 42.5 Å². The summed E-state index contributed by atoms with van der Waals surface area (Å²) < 4.78 is 12.3. The van der Waals surface area contributed by atoms with E-state index in [4.69, 9.17) is 21.1 Å². The number of carbonyl (C=O) groups is 1. The first-order valence-corrected chi connectivity index (χ1v) is 11.4. The summed E-state index contributed by atoms with van der Waals surface area (Å²) in [6, 6.07) is 17.9. The Hall–Kier alpha value is -3.16. The van der Waals surface area contributed by atoms with E-state index in [0.717, 1.165) is 18.4 Å². The Morgan fingerprint density at radius 2 is 2.03 bits per heavy atom. The molecule has 2 aromatic carbocycles. The van der Waals surface area contributed by atoms with Gasteiger partial charge in [-0.3, -0.25) is 9.59 Å². The van der Waals surface area contributed by atoms with Crippen LogP contribution in [0.3, 0.4) is 0 Å². The molecule has 0 radical (unpaired) electrons. The summed E-state index contributed by atoms with van der Waals surface area (Å²) in [4.78, 5) is 34.4. The highest BCUT2D eigenvalue weighted by atomic mass is 35.5. The number of carbonyl (C=O) groups excluding carboxylic acids is 1. The lowest BCUT2D eigenvalue weighted by Gasteiger charge is -2.39. The van der Waals surface area contributed by atoms with Gasteiger partial charge in [-0.25, -0.2) is 4.98 Å². The molecule has 170 valence electrons. The number of likely N-dealkylation sites (tertiary alicyclic amines) is 1. The van der Waals surface area contributed by atoms with Crippen LogP contribution in [-0.2, 0) is 4.74 Å². The summed E-state index contributed by atoms with van der Waals surface area (Å²) in [7, 11) is 0. The Labute approximate surface area is 196 Å². The van der Waals surface area contributed by atoms with E-state index in [1.54, 1.807) is 17.0 Å². The van der Waals surface area contributed by atoms with E-state index in [1.165, 1.54) is 6.07 Å². The van der Waals surface area contributed by atoms with Crippen molar-refractivity contribution in [3.8, 4) is 17.1 Å². The van der Waals surface area contributed by atoms with Gasteiger partial charge in [0.1, 0.15) is 23.4 Å². The van der Waals surface area contributed by atoms with Crippen LogP contribution < -0.4 is 10.3 Å². The number of hydrogen-bond donors (Lipinski definition) is 1. The van der Waals surface area contributed by atoms with Crippen LogP contribution in [0, 0.1) is 0 Å². The molecular formula is C25H24ClN3O4. The Balaban J connectivity index is 1.31. The molecule has 0 aliphatic carbocycles. The summed E-state index contributed by atoms with van der Waals surface area (Å²) >= 11 is 6.06. The molecule has 3 aromatic rings. The largest absolute Gasteiger partial charge is 0.488 e. The van der Waals surface area contributed by atoms with Crippen LogP contribution >= 0.6 is 11.6 Å². The van der Waals surface area contributed by atoms with Crippen molar-refractivity contribution < 1.29 is 14.3 Å². The molecular weight excluding hydrogens is 442 g/mol. The van der Waals surface area contributed by atoms with Crippen molar-refractivity contribution >= 4 is 17.5 Å². The molecule has 1 spiro atoms. The second-order valence-electron chi connectivity index (χ2n) is 8.57. The molecule has 2 aliphatic heterocycles. The van der Waals surface area contributed by atoms with E-state index in [2.05, 4.69) is 9.97 Å². The number of benzene rings is 2. The summed E-state index contributed by atoms with van der Waals surface area (Å²) in [5, 5.41) is 0.621. The van der Waals surface area contributed by atoms with Crippen LogP contribution in [-0.4, -0.2) is 52.2 Å². The van der Waals surface area contributed by atoms with Gasteiger partial charge < -0.3 is 19.4 Å². The van der Waals surface area contributed by atoms with E-state index in [9.17, 15) is 9.59 Å². The third-order valence-corrected chi connectivity index (χ3v) is 6.34. The number of aromatic nitrogens is 2. The monoisotopic (exact) mass is 465 g/mol. The molecule has 2 saturated heterocycles. The van der Waals surface area contributed by atoms with Crippen LogP contribution in [0.1, 0.15) is 29.8 Å². The number of nitrogens with one attached hydrogen (secondary N) is 1. The van der Waals surface area contributed by atoms with Gasteiger partial charge in [0.05, 0.1) is 18.8 Å². The maximum atomic E-state index is 13.3. The molecule has 1 amide bonds. The summed E-state index contributed by atoms with van der Waals surface area (Å²) in [5.41, 5.74) is 0.0746.